The molecule has 132 valence electrons. The van der Waals surface area contributed by atoms with Crippen molar-refractivity contribution >= 4 is 11.6 Å². The molecule has 1 aliphatic carbocycles. The van der Waals surface area contributed by atoms with E-state index < -0.39 is 0 Å². The molecule has 0 bridgehead atoms. The predicted octanol–water partition coefficient (Wildman–Crippen LogP) is 5.43. The summed E-state index contributed by atoms with van der Waals surface area (Å²) in [6.45, 7) is 5.11. The van der Waals surface area contributed by atoms with Gasteiger partial charge in [-0.1, -0.05) is 67.1 Å². The molecular formula is C22H25ClO2. The van der Waals surface area contributed by atoms with E-state index in [1.54, 1.807) is 0 Å². The molecule has 2 aromatic rings. The van der Waals surface area contributed by atoms with E-state index in [-0.39, 0.29) is 23.2 Å². The van der Waals surface area contributed by atoms with Crippen LogP contribution in [-0.4, -0.2) is 17.8 Å². The molecule has 2 aliphatic rings. The highest BCUT2D eigenvalue weighted by atomic mass is 35.5. The summed E-state index contributed by atoms with van der Waals surface area (Å²) in [5, 5.41) is 0.769. The minimum atomic E-state index is -0.164. The van der Waals surface area contributed by atoms with E-state index >= 15 is 0 Å². The summed E-state index contributed by atoms with van der Waals surface area (Å²) < 4.78 is 12.5. The van der Waals surface area contributed by atoms with Gasteiger partial charge < -0.3 is 9.47 Å². The van der Waals surface area contributed by atoms with Crippen LogP contribution in [0.1, 0.15) is 37.8 Å². The van der Waals surface area contributed by atoms with Gasteiger partial charge in [0.15, 0.2) is 0 Å². The van der Waals surface area contributed by atoms with Crippen LogP contribution in [0.25, 0.3) is 0 Å². The molecule has 0 N–H and O–H groups in total. The van der Waals surface area contributed by atoms with Gasteiger partial charge in [0.2, 0.25) is 0 Å². The molecule has 1 saturated carbocycles. The van der Waals surface area contributed by atoms with Gasteiger partial charge in [-0.25, -0.2) is 0 Å². The monoisotopic (exact) mass is 356 g/mol. The number of hydrogen-bond donors (Lipinski definition) is 0. The Labute approximate surface area is 155 Å². The van der Waals surface area contributed by atoms with Gasteiger partial charge in [-0.15, -0.1) is 0 Å². The fraction of sp³-hybridized carbons (Fsp3) is 0.455. The van der Waals surface area contributed by atoms with Gasteiger partial charge in [-0.05, 0) is 43.4 Å². The standard InChI is InChI=1S/C22H25ClO2/c1-21(14-16-8-4-3-5-9-16)13-12-19(22(2)20(21)25-22)24-15-17-10-6-7-11-18(17)23/h3-11,19-20H,12-15H2,1-2H3/t19-,20+,21?,22-/m1/s1. The number of halogens is 1. The molecule has 2 fully saturated rings. The third-order valence-electron chi connectivity index (χ3n) is 5.93. The average molecular weight is 357 g/mol. The van der Waals surface area contributed by atoms with E-state index in [1.807, 2.05) is 24.3 Å². The van der Waals surface area contributed by atoms with Crippen LogP contribution in [0.5, 0.6) is 0 Å². The van der Waals surface area contributed by atoms with Gasteiger partial charge in [0.05, 0.1) is 18.8 Å². The maximum absolute atomic E-state index is 6.25. The maximum Gasteiger partial charge on any atom is 0.119 e. The Morgan fingerprint density at radius 3 is 2.56 bits per heavy atom. The van der Waals surface area contributed by atoms with Crippen LogP contribution in [0.2, 0.25) is 5.02 Å². The lowest BCUT2D eigenvalue weighted by atomic mass is 9.67. The highest BCUT2D eigenvalue weighted by Gasteiger charge is 2.67. The third kappa shape index (κ3) is 3.23. The van der Waals surface area contributed by atoms with Crippen LogP contribution in [-0.2, 0) is 22.5 Å². The third-order valence-corrected chi connectivity index (χ3v) is 6.30. The van der Waals surface area contributed by atoms with Gasteiger partial charge in [0.1, 0.15) is 5.60 Å². The highest BCUT2D eigenvalue weighted by Crippen LogP contribution is 2.58. The number of rotatable bonds is 5. The Hall–Kier alpha value is -1.35. The smallest absolute Gasteiger partial charge is 0.119 e. The molecule has 2 nitrogen and oxygen atoms in total. The van der Waals surface area contributed by atoms with Crippen LogP contribution in [0.3, 0.4) is 0 Å². The minimum Gasteiger partial charge on any atom is -0.370 e. The first-order chi connectivity index (χ1) is 12.0. The van der Waals surface area contributed by atoms with Crippen molar-refractivity contribution < 1.29 is 9.47 Å². The lowest BCUT2D eigenvalue weighted by Gasteiger charge is -2.37. The zero-order valence-corrected chi connectivity index (χ0v) is 15.6. The second kappa shape index (κ2) is 6.42. The molecular weight excluding hydrogens is 332 g/mol. The summed E-state index contributed by atoms with van der Waals surface area (Å²) in [6, 6.07) is 18.6. The number of hydrogen-bond acceptors (Lipinski definition) is 2. The molecule has 2 aromatic carbocycles. The van der Waals surface area contributed by atoms with Crippen LogP contribution >= 0.6 is 11.6 Å². The Kier molecular flexibility index (Phi) is 4.39. The molecule has 1 unspecified atom stereocenters. The zero-order valence-electron chi connectivity index (χ0n) is 14.9. The van der Waals surface area contributed by atoms with Crippen molar-refractivity contribution in [3.05, 3.63) is 70.7 Å². The van der Waals surface area contributed by atoms with E-state index in [0.717, 1.165) is 29.8 Å². The zero-order chi connectivity index (χ0) is 17.5. The molecule has 0 spiro atoms. The van der Waals surface area contributed by atoms with E-state index in [1.165, 1.54) is 5.56 Å². The first-order valence-electron chi connectivity index (χ1n) is 9.08. The normalized spacial score (nSPS) is 33.7. The summed E-state index contributed by atoms with van der Waals surface area (Å²) in [7, 11) is 0. The van der Waals surface area contributed by atoms with Gasteiger partial charge in [0.25, 0.3) is 0 Å². The summed E-state index contributed by atoms with van der Waals surface area (Å²) in [6.07, 6.45) is 3.62. The van der Waals surface area contributed by atoms with Crippen molar-refractivity contribution in [1.82, 2.24) is 0 Å². The average Bonchev–Trinajstić information content (AvgIpc) is 3.31. The fourth-order valence-electron chi connectivity index (χ4n) is 4.48. The quantitative estimate of drug-likeness (QED) is 0.667. The molecule has 4 atom stereocenters. The molecule has 1 heterocycles. The molecule has 0 radical (unpaired) electrons. The predicted molar refractivity (Wildman–Crippen MR) is 101 cm³/mol. The first kappa shape index (κ1) is 17.1. The fourth-order valence-corrected chi connectivity index (χ4v) is 4.67. The molecule has 4 rings (SSSR count). The van der Waals surface area contributed by atoms with E-state index in [2.05, 4.69) is 44.2 Å². The van der Waals surface area contributed by atoms with Gasteiger partial charge in [-0.3, -0.25) is 0 Å². The molecule has 0 amide bonds. The Bertz CT molecular complexity index is 747. The van der Waals surface area contributed by atoms with Crippen molar-refractivity contribution in [1.29, 1.82) is 0 Å². The van der Waals surface area contributed by atoms with Gasteiger partial charge in [-0.2, -0.15) is 0 Å². The molecule has 3 heteroatoms. The summed E-state index contributed by atoms with van der Waals surface area (Å²) in [5.41, 5.74) is 2.45. The lowest BCUT2D eigenvalue weighted by molar-refractivity contribution is -0.0265. The second-order valence-corrected chi connectivity index (χ2v) is 8.34. The largest absolute Gasteiger partial charge is 0.370 e. The van der Waals surface area contributed by atoms with E-state index in [0.29, 0.717) is 6.61 Å². The number of epoxide rings is 1. The number of fused-ring (bicyclic) bond motifs is 1. The van der Waals surface area contributed by atoms with Crippen LogP contribution in [0, 0.1) is 5.41 Å². The SMILES string of the molecule is CC1(Cc2ccccc2)CC[C@@H](OCc2ccccc2Cl)[C@@]2(C)O[C@@H]12. The first-order valence-corrected chi connectivity index (χ1v) is 9.46. The Morgan fingerprint density at radius 1 is 1.08 bits per heavy atom. The topological polar surface area (TPSA) is 21.8 Å². The van der Waals surface area contributed by atoms with Crippen molar-refractivity contribution in [3.8, 4) is 0 Å². The van der Waals surface area contributed by atoms with Crippen LogP contribution in [0.15, 0.2) is 54.6 Å². The van der Waals surface area contributed by atoms with Crippen molar-refractivity contribution in [2.45, 2.75) is 57.5 Å². The highest BCUT2D eigenvalue weighted by molar-refractivity contribution is 6.31. The van der Waals surface area contributed by atoms with E-state index in [9.17, 15) is 0 Å². The molecule has 0 aromatic heterocycles. The number of ether oxygens (including phenoxy) is 2. The van der Waals surface area contributed by atoms with Gasteiger partial charge >= 0.3 is 0 Å². The van der Waals surface area contributed by atoms with Crippen LogP contribution < -0.4 is 0 Å². The lowest BCUT2D eigenvalue weighted by Crippen LogP contribution is -2.44. The maximum atomic E-state index is 6.25. The van der Waals surface area contributed by atoms with Crippen LogP contribution in [0.4, 0.5) is 0 Å². The van der Waals surface area contributed by atoms with Crippen molar-refractivity contribution in [2.24, 2.45) is 5.41 Å². The Morgan fingerprint density at radius 2 is 1.80 bits per heavy atom. The van der Waals surface area contributed by atoms with Gasteiger partial charge in [0, 0.05) is 10.4 Å². The Balaban J connectivity index is 1.42. The molecule has 25 heavy (non-hydrogen) atoms. The summed E-state index contributed by atoms with van der Waals surface area (Å²) in [5.74, 6) is 0. The van der Waals surface area contributed by atoms with Crippen molar-refractivity contribution in [3.63, 3.8) is 0 Å². The second-order valence-electron chi connectivity index (χ2n) is 7.93. The minimum absolute atomic E-state index is 0.137. The van der Waals surface area contributed by atoms with Crippen molar-refractivity contribution in [2.75, 3.05) is 0 Å². The summed E-state index contributed by atoms with van der Waals surface area (Å²) in [4.78, 5) is 0. The molecule has 1 saturated heterocycles. The van der Waals surface area contributed by atoms with E-state index in [4.69, 9.17) is 21.1 Å². The molecule has 1 aliphatic heterocycles. The number of benzene rings is 2. The summed E-state index contributed by atoms with van der Waals surface area (Å²) >= 11 is 6.25.